The number of carbonyl (C=O) groups is 1. The highest BCUT2D eigenvalue weighted by molar-refractivity contribution is 6.08. The van der Waals surface area contributed by atoms with Gasteiger partial charge in [0.15, 0.2) is 5.56 Å². The van der Waals surface area contributed by atoms with E-state index in [1.165, 1.54) is 48.5 Å². The summed E-state index contributed by atoms with van der Waals surface area (Å²) in [5.74, 6) is -1.15. The molecule has 0 unspecified atom stereocenters. The van der Waals surface area contributed by atoms with Gasteiger partial charge >= 0.3 is 11.8 Å². The quantitative estimate of drug-likeness (QED) is 0.405. The maximum absolute atomic E-state index is 12.8. The summed E-state index contributed by atoms with van der Waals surface area (Å²) < 4.78 is 49.0. The second-order valence-corrected chi connectivity index (χ2v) is 6.72. The van der Waals surface area contributed by atoms with E-state index in [9.17, 15) is 27.9 Å². The zero-order chi connectivity index (χ0) is 22.9. The van der Waals surface area contributed by atoms with Crippen molar-refractivity contribution in [2.75, 3.05) is 5.32 Å². The molecule has 0 radical (unpaired) electrons. The number of para-hydroxylation sites is 1. The van der Waals surface area contributed by atoms with Crippen molar-refractivity contribution in [2.24, 2.45) is 0 Å². The van der Waals surface area contributed by atoms with Crippen LogP contribution in [0.2, 0.25) is 0 Å². The molecule has 0 bridgehead atoms. The SMILES string of the molecule is O=C(Nc1ccc(Oc2cccc(C(F)(F)F)c2)cc1)c1c(O)c2ccccc2oc1=O. The molecule has 0 fully saturated rings. The molecule has 4 rings (SSSR count). The van der Waals surface area contributed by atoms with Gasteiger partial charge in [0, 0.05) is 5.69 Å². The van der Waals surface area contributed by atoms with Crippen LogP contribution < -0.4 is 15.7 Å². The predicted molar refractivity (Wildman–Crippen MR) is 110 cm³/mol. The molecule has 162 valence electrons. The third kappa shape index (κ3) is 4.27. The lowest BCUT2D eigenvalue weighted by Gasteiger charge is -2.11. The summed E-state index contributed by atoms with van der Waals surface area (Å²) in [5.41, 5.74) is -1.98. The predicted octanol–water partition coefficient (Wildman–Crippen LogP) is 5.56. The Morgan fingerprint density at radius 2 is 1.66 bits per heavy atom. The van der Waals surface area contributed by atoms with Crippen molar-refractivity contribution in [3.05, 3.63) is 94.3 Å². The number of hydrogen-bond acceptors (Lipinski definition) is 5. The first kappa shape index (κ1) is 21.0. The number of alkyl halides is 3. The average Bonchev–Trinajstić information content (AvgIpc) is 2.75. The third-order valence-electron chi connectivity index (χ3n) is 4.52. The molecule has 1 heterocycles. The minimum atomic E-state index is -4.49. The Morgan fingerprint density at radius 1 is 0.938 bits per heavy atom. The molecule has 32 heavy (non-hydrogen) atoms. The number of hydrogen-bond donors (Lipinski definition) is 2. The van der Waals surface area contributed by atoms with Gasteiger partial charge in [0.25, 0.3) is 5.91 Å². The van der Waals surface area contributed by atoms with E-state index in [1.807, 2.05) is 0 Å². The van der Waals surface area contributed by atoms with Crippen LogP contribution in [-0.4, -0.2) is 11.0 Å². The van der Waals surface area contributed by atoms with Gasteiger partial charge in [0.2, 0.25) is 0 Å². The summed E-state index contributed by atoms with van der Waals surface area (Å²) >= 11 is 0. The molecule has 0 saturated carbocycles. The van der Waals surface area contributed by atoms with Crippen LogP contribution in [0.15, 0.2) is 82.0 Å². The highest BCUT2D eigenvalue weighted by atomic mass is 19.4. The van der Waals surface area contributed by atoms with Crippen LogP contribution >= 0.6 is 0 Å². The van der Waals surface area contributed by atoms with Crippen molar-refractivity contribution in [1.82, 2.24) is 0 Å². The van der Waals surface area contributed by atoms with Crippen LogP contribution in [0.1, 0.15) is 15.9 Å². The standard InChI is InChI=1S/C23H14F3NO5/c24-23(25,26)13-4-3-5-16(12-13)31-15-10-8-14(9-11-15)27-21(29)19-20(28)17-6-1-2-7-18(17)32-22(19)30/h1-12,28H,(H,27,29). The maximum Gasteiger partial charge on any atom is 0.416 e. The highest BCUT2D eigenvalue weighted by Gasteiger charge is 2.30. The molecule has 3 aromatic carbocycles. The number of benzene rings is 3. The summed E-state index contributed by atoms with van der Waals surface area (Å²) in [7, 11) is 0. The van der Waals surface area contributed by atoms with Crippen LogP contribution in [0.25, 0.3) is 11.0 Å². The molecule has 9 heteroatoms. The van der Waals surface area contributed by atoms with Crippen molar-refractivity contribution in [2.45, 2.75) is 6.18 Å². The number of amides is 1. The Kier molecular flexibility index (Phi) is 5.31. The molecule has 1 aromatic heterocycles. The first-order valence-corrected chi connectivity index (χ1v) is 9.24. The van der Waals surface area contributed by atoms with Crippen molar-refractivity contribution < 1.29 is 32.2 Å². The second kappa shape index (κ2) is 8.10. The largest absolute Gasteiger partial charge is 0.506 e. The van der Waals surface area contributed by atoms with Crippen molar-refractivity contribution >= 4 is 22.6 Å². The van der Waals surface area contributed by atoms with Crippen LogP contribution in [-0.2, 0) is 6.18 Å². The molecule has 0 atom stereocenters. The van der Waals surface area contributed by atoms with E-state index >= 15 is 0 Å². The number of rotatable bonds is 4. The first-order valence-electron chi connectivity index (χ1n) is 9.24. The molecule has 0 aliphatic rings. The summed E-state index contributed by atoms with van der Waals surface area (Å²) in [6.07, 6.45) is -4.49. The van der Waals surface area contributed by atoms with Gasteiger partial charge in [-0.15, -0.1) is 0 Å². The van der Waals surface area contributed by atoms with E-state index in [0.717, 1.165) is 12.1 Å². The minimum absolute atomic E-state index is 0.00435. The fourth-order valence-corrected chi connectivity index (χ4v) is 3.01. The molecule has 0 aliphatic carbocycles. The molecule has 4 aromatic rings. The highest BCUT2D eigenvalue weighted by Crippen LogP contribution is 2.33. The smallest absolute Gasteiger partial charge is 0.416 e. The van der Waals surface area contributed by atoms with E-state index < -0.39 is 34.6 Å². The molecule has 1 amide bonds. The molecule has 6 nitrogen and oxygen atoms in total. The molecular formula is C23H14F3NO5. The lowest BCUT2D eigenvalue weighted by atomic mass is 10.1. The minimum Gasteiger partial charge on any atom is -0.506 e. The Bertz CT molecular complexity index is 1360. The summed E-state index contributed by atoms with van der Waals surface area (Å²) in [4.78, 5) is 24.7. The van der Waals surface area contributed by atoms with E-state index in [-0.39, 0.29) is 28.2 Å². The molecule has 0 spiro atoms. The van der Waals surface area contributed by atoms with Gasteiger partial charge in [-0.3, -0.25) is 4.79 Å². The first-order chi connectivity index (χ1) is 15.2. The molecule has 2 N–H and O–H groups in total. The maximum atomic E-state index is 12.8. The molecule has 0 saturated heterocycles. The van der Waals surface area contributed by atoms with E-state index in [1.54, 1.807) is 12.1 Å². The summed E-state index contributed by atoms with van der Waals surface area (Å²) in [5, 5.41) is 13.0. The number of nitrogens with one attached hydrogen (secondary N) is 1. The third-order valence-corrected chi connectivity index (χ3v) is 4.52. The lowest BCUT2D eigenvalue weighted by molar-refractivity contribution is -0.137. The Morgan fingerprint density at radius 3 is 2.38 bits per heavy atom. The van der Waals surface area contributed by atoms with Crippen LogP contribution in [0, 0.1) is 0 Å². The van der Waals surface area contributed by atoms with Crippen LogP contribution in [0.3, 0.4) is 0 Å². The second-order valence-electron chi connectivity index (χ2n) is 6.72. The summed E-state index contributed by atoms with van der Waals surface area (Å²) in [6, 6.07) is 16.4. The zero-order valence-corrected chi connectivity index (χ0v) is 16.1. The molecule has 0 aliphatic heterocycles. The lowest BCUT2D eigenvalue weighted by Crippen LogP contribution is -2.21. The number of aromatic hydroxyl groups is 1. The van der Waals surface area contributed by atoms with Crippen LogP contribution in [0.5, 0.6) is 17.2 Å². The van der Waals surface area contributed by atoms with E-state index in [4.69, 9.17) is 9.15 Å². The van der Waals surface area contributed by atoms with E-state index in [0.29, 0.717) is 0 Å². The normalized spacial score (nSPS) is 11.3. The topological polar surface area (TPSA) is 88.8 Å². The Balaban J connectivity index is 1.52. The van der Waals surface area contributed by atoms with E-state index in [2.05, 4.69) is 5.32 Å². The number of halogens is 3. The molecular weight excluding hydrogens is 427 g/mol. The van der Waals surface area contributed by atoms with Gasteiger partial charge in [0.1, 0.15) is 22.8 Å². The van der Waals surface area contributed by atoms with Crippen molar-refractivity contribution in [3.8, 4) is 17.2 Å². The number of carbonyl (C=O) groups excluding carboxylic acids is 1. The van der Waals surface area contributed by atoms with Crippen molar-refractivity contribution in [1.29, 1.82) is 0 Å². The zero-order valence-electron chi connectivity index (χ0n) is 16.1. The number of fused-ring (bicyclic) bond motifs is 1. The monoisotopic (exact) mass is 441 g/mol. The van der Waals surface area contributed by atoms with Gasteiger partial charge in [-0.2, -0.15) is 13.2 Å². The summed E-state index contributed by atoms with van der Waals surface area (Å²) in [6.45, 7) is 0. The fraction of sp³-hybridized carbons (Fsp3) is 0.0435. The Hall–Kier alpha value is -4.27. The van der Waals surface area contributed by atoms with Gasteiger partial charge in [-0.1, -0.05) is 18.2 Å². The number of ether oxygens (including phenoxy) is 1. The van der Waals surface area contributed by atoms with Gasteiger partial charge in [-0.05, 0) is 54.6 Å². The Labute approximate surface area is 178 Å². The number of anilines is 1. The average molecular weight is 441 g/mol. The van der Waals surface area contributed by atoms with Crippen LogP contribution in [0.4, 0.5) is 18.9 Å². The van der Waals surface area contributed by atoms with Gasteiger partial charge in [-0.25, -0.2) is 4.79 Å². The van der Waals surface area contributed by atoms with Crippen molar-refractivity contribution in [3.63, 3.8) is 0 Å². The van der Waals surface area contributed by atoms with Gasteiger partial charge in [0.05, 0.1) is 10.9 Å². The van der Waals surface area contributed by atoms with Gasteiger partial charge < -0.3 is 19.6 Å². The fourth-order valence-electron chi connectivity index (χ4n) is 3.01.